The fourth-order valence-electron chi connectivity index (χ4n) is 1.63. The van der Waals surface area contributed by atoms with Crippen LogP contribution in [0.4, 0.5) is 13.6 Å². The summed E-state index contributed by atoms with van der Waals surface area (Å²) in [5.74, 6) is -2.69. The molecule has 0 aromatic heterocycles. The molecule has 0 aliphatic heterocycles. The molecule has 0 heterocycles. The van der Waals surface area contributed by atoms with E-state index in [1.807, 2.05) is 0 Å². The van der Waals surface area contributed by atoms with Crippen LogP contribution in [0, 0.1) is 11.6 Å². The summed E-state index contributed by atoms with van der Waals surface area (Å²) in [4.78, 5) is 22.3. The standard InChI is InChI=1S/C13H16F2N2O3/c1-2-4-11(12(18)19)17-13(20)16-7-8-9(14)5-3-6-10(8)15/h3,5-6,11H,2,4,7H2,1H3,(H,18,19)(H2,16,17,20). The molecule has 0 spiro atoms. The Morgan fingerprint density at radius 2 is 1.90 bits per heavy atom. The number of halogens is 2. The Balaban J connectivity index is 2.57. The van der Waals surface area contributed by atoms with Gasteiger partial charge >= 0.3 is 12.0 Å². The number of nitrogens with one attached hydrogen (secondary N) is 2. The van der Waals surface area contributed by atoms with E-state index in [0.717, 1.165) is 12.1 Å². The molecule has 2 amide bonds. The number of benzene rings is 1. The van der Waals surface area contributed by atoms with Gasteiger partial charge in [-0.05, 0) is 18.6 Å². The third-order valence-electron chi connectivity index (χ3n) is 2.67. The maximum Gasteiger partial charge on any atom is 0.326 e. The van der Waals surface area contributed by atoms with Crippen LogP contribution in [0.1, 0.15) is 25.3 Å². The zero-order chi connectivity index (χ0) is 15.1. The predicted octanol–water partition coefficient (Wildman–Crippen LogP) is 2.02. The zero-order valence-electron chi connectivity index (χ0n) is 11.0. The average molecular weight is 286 g/mol. The minimum Gasteiger partial charge on any atom is -0.480 e. The van der Waals surface area contributed by atoms with Crippen LogP contribution in [0.25, 0.3) is 0 Å². The van der Waals surface area contributed by atoms with Crippen molar-refractivity contribution in [2.45, 2.75) is 32.4 Å². The molecule has 20 heavy (non-hydrogen) atoms. The second-order valence-corrected chi connectivity index (χ2v) is 4.21. The van der Waals surface area contributed by atoms with E-state index in [-0.39, 0.29) is 18.5 Å². The molecule has 0 bridgehead atoms. The molecule has 0 radical (unpaired) electrons. The van der Waals surface area contributed by atoms with Crippen molar-refractivity contribution in [2.24, 2.45) is 0 Å². The van der Waals surface area contributed by atoms with Crippen molar-refractivity contribution in [3.63, 3.8) is 0 Å². The van der Waals surface area contributed by atoms with Crippen molar-refractivity contribution in [3.8, 4) is 0 Å². The third-order valence-corrected chi connectivity index (χ3v) is 2.67. The summed E-state index contributed by atoms with van der Waals surface area (Å²) < 4.78 is 26.6. The Kier molecular flexibility index (Phi) is 5.89. The van der Waals surface area contributed by atoms with Crippen LogP contribution in [0.3, 0.4) is 0 Å². The highest BCUT2D eigenvalue weighted by molar-refractivity contribution is 5.82. The zero-order valence-corrected chi connectivity index (χ0v) is 11.0. The van der Waals surface area contributed by atoms with Gasteiger partial charge in [0, 0.05) is 5.56 Å². The summed E-state index contributed by atoms with van der Waals surface area (Å²) in [6, 6.07) is 1.57. The first-order valence-corrected chi connectivity index (χ1v) is 6.15. The Labute approximate surface area is 115 Å². The van der Waals surface area contributed by atoms with Gasteiger partial charge in [-0.1, -0.05) is 19.4 Å². The van der Waals surface area contributed by atoms with E-state index in [1.165, 1.54) is 6.07 Å². The summed E-state index contributed by atoms with van der Waals surface area (Å²) in [6.45, 7) is 1.42. The highest BCUT2D eigenvalue weighted by Crippen LogP contribution is 2.11. The molecule has 0 aliphatic rings. The van der Waals surface area contributed by atoms with Gasteiger partial charge in [0.25, 0.3) is 0 Å². The van der Waals surface area contributed by atoms with Crippen LogP contribution in [-0.2, 0) is 11.3 Å². The van der Waals surface area contributed by atoms with Crippen molar-refractivity contribution in [1.29, 1.82) is 0 Å². The molecule has 1 unspecified atom stereocenters. The molecule has 1 atom stereocenters. The van der Waals surface area contributed by atoms with Gasteiger partial charge in [-0.2, -0.15) is 0 Å². The van der Waals surface area contributed by atoms with Gasteiger partial charge in [-0.3, -0.25) is 0 Å². The van der Waals surface area contributed by atoms with Crippen LogP contribution in [-0.4, -0.2) is 23.1 Å². The molecule has 0 aliphatic carbocycles. The van der Waals surface area contributed by atoms with Crippen LogP contribution in [0.5, 0.6) is 0 Å². The first-order valence-electron chi connectivity index (χ1n) is 6.15. The number of carbonyl (C=O) groups is 2. The molecular weight excluding hydrogens is 270 g/mol. The van der Waals surface area contributed by atoms with Crippen molar-refractivity contribution in [2.75, 3.05) is 0 Å². The summed E-state index contributed by atoms with van der Waals surface area (Å²) >= 11 is 0. The number of rotatable bonds is 6. The van der Waals surface area contributed by atoms with E-state index in [4.69, 9.17) is 5.11 Å². The highest BCUT2D eigenvalue weighted by atomic mass is 19.1. The molecule has 110 valence electrons. The molecule has 1 rings (SSSR count). The van der Waals surface area contributed by atoms with Crippen molar-refractivity contribution < 1.29 is 23.5 Å². The van der Waals surface area contributed by atoms with Crippen molar-refractivity contribution in [3.05, 3.63) is 35.4 Å². The quantitative estimate of drug-likeness (QED) is 0.748. The Hall–Kier alpha value is -2.18. The van der Waals surface area contributed by atoms with Gasteiger partial charge in [-0.15, -0.1) is 0 Å². The van der Waals surface area contributed by atoms with Gasteiger partial charge in [0.15, 0.2) is 0 Å². The van der Waals surface area contributed by atoms with Crippen molar-refractivity contribution in [1.82, 2.24) is 10.6 Å². The van der Waals surface area contributed by atoms with E-state index >= 15 is 0 Å². The van der Waals surface area contributed by atoms with E-state index in [1.54, 1.807) is 6.92 Å². The number of hydrogen-bond donors (Lipinski definition) is 3. The Morgan fingerprint density at radius 3 is 2.40 bits per heavy atom. The summed E-state index contributed by atoms with van der Waals surface area (Å²) in [7, 11) is 0. The lowest BCUT2D eigenvalue weighted by atomic mass is 10.2. The predicted molar refractivity (Wildman–Crippen MR) is 68.1 cm³/mol. The fraction of sp³-hybridized carbons (Fsp3) is 0.385. The summed E-state index contributed by atoms with van der Waals surface area (Å²) in [5, 5.41) is 13.3. The first kappa shape index (κ1) is 15.9. The number of carbonyl (C=O) groups excluding carboxylic acids is 1. The summed E-state index contributed by atoms with van der Waals surface area (Å²) in [6.07, 6.45) is 0.857. The van der Waals surface area contributed by atoms with E-state index in [2.05, 4.69) is 10.6 Å². The second-order valence-electron chi connectivity index (χ2n) is 4.21. The van der Waals surface area contributed by atoms with Gasteiger partial charge < -0.3 is 15.7 Å². The van der Waals surface area contributed by atoms with Crippen LogP contribution < -0.4 is 10.6 Å². The van der Waals surface area contributed by atoms with Crippen molar-refractivity contribution >= 4 is 12.0 Å². The Bertz CT molecular complexity index is 474. The van der Waals surface area contributed by atoms with Crippen LogP contribution >= 0.6 is 0 Å². The number of aliphatic carboxylic acids is 1. The summed E-state index contributed by atoms with van der Waals surface area (Å²) in [5.41, 5.74) is -0.273. The fourth-order valence-corrected chi connectivity index (χ4v) is 1.63. The minimum absolute atomic E-state index is 0.273. The molecule has 0 saturated carbocycles. The normalized spacial score (nSPS) is 11.8. The Morgan fingerprint density at radius 1 is 1.30 bits per heavy atom. The lowest BCUT2D eigenvalue weighted by Crippen LogP contribution is -2.45. The molecule has 0 fully saturated rings. The van der Waals surface area contributed by atoms with Crippen LogP contribution in [0.2, 0.25) is 0 Å². The van der Waals surface area contributed by atoms with Gasteiger partial charge in [0.1, 0.15) is 17.7 Å². The van der Waals surface area contributed by atoms with E-state index < -0.39 is 29.7 Å². The maximum atomic E-state index is 13.3. The van der Waals surface area contributed by atoms with Gasteiger partial charge in [-0.25, -0.2) is 18.4 Å². The average Bonchev–Trinajstić information content (AvgIpc) is 2.37. The minimum atomic E-state index is -1.15. The molecule has 1 aromatic carbocycles. The number of amides is 2. The largest absolute Gasteiger partial charge is 0.480 e. The second kappa shape index (κ2) is 7.42. The maximum absolute atomic E-state index is 13.3. The monoisotopic (exact) mass is 286 g/mol. The highest BCUT2D eigenvalue weighted by Gasteiger charge is 2.19. The van der Waals surface area contributed by atoms with E-state index in [9.17, 15) is 18.4 Å². The van der Waals surface area contributed by atoms with Gasteiger partial charge in [0.2, 0.25) is 0 Å². The number of hydrogen-bond acceptors (Lipinski definition) is 2. The SMILES string of the molecule is CCCC(NC(=O)NCc1c(F)cccc1F)C(=O)O. The number of urea groups is 1. The first-order chi connectivity index (χ1) is 9.45. The van der Waals surface area contributed by atoms with Gasteiger partial charge in [0.05, 0.1) is 6.54 Å². The molecule has 0 saturated heterocycles. The lowest BCUT2D eigenvalue weighted by molar-refractivity contribution is -0.139. The molecule has 1 aromatic rings. The number of carboxylic acids is 1. The van der Waals surface area contributed by atoms with E-state index in [0.29, 0.717) is 6.42 Å². The molecule has 5 nitrogen and oxygen atoms in total. The molecule has 3 N–H and O–H groups in total. The lowest BCUT2D eigenvalue weighted by Gasteiger charge is -2.14. The third kappa shape index (κ3) is 4.49. The molecule has 7 heteroatoms. The van der Waals surface area contributed by atoms with Crippen LogP contribution in [0.15, 0.2) is 18.2 Å². The number of carboxylic acid groups (broad SMARTS) is 1. The smallest absolute Gasteiger partial charge is 0.326 e. The topological polar surface area (TPSA) is 78.4 Å². The molecular formula is C13H16F2N2O3.